The van der Waals surface area contributed by atoms with E-state index >= 15 is 0 Å². The SMILES string of the molecule is C/C=C(\C=N)c1cnc2ccc(N(CCNC(C)C)c3cc(OC)cc(OC)c3)cc2n1. The molecule has 7 heteroatoms. The van der Waals surface area contributed by atoms with Gasteiger partial charge in [0.2, 0.25) is 0 Å². The van der Waals surface area contributed by atoms with Crippen LogP contribution in [-0.4, -0.2) is 49.5 Å². The molecule has 1 heterocycles. The van der Waals surface area contributed by atoms with E-state index in [2.05, 4.69) is 29.0 Å². The van der Waals surface area contributed by atoms with Crippen molar-refractivity contribution in [2.75, 3.05) is 32.2 Å². The van der Waals surface area contributed by atoms with Crippen molar-refractivity contribution in [2.24, 2.45) is 0 Å². The molecule has 0 aliphatic carbocycles. The van der Waals surface area contributed by atoms with Gasteiger partial charge in [-0.25, -0.2) is 4.98 Å². The van der Waals surface area contributed by atoms with Crippen molar-refractivity contribution in [3.8, 4) is 11.5 Å². The monoisotopic (exact) mass is 433 g/mol. The average molecular weight is 434 g/mol. The number of aromatic nitrogens is 2. The Hall–Kier alpha value is -3.45. The van der Waals surface area contributed by atoms with Crippen molar-refractivity contribution in [1.29, 1.82) is 5.41 Å². The highest BCUT2D eigenvalue weighted by Gasteiger charge is 2.14. The van der Waals surface area contributed by atoms with Crippen LogP contribution in [0.15, 0.2) is 48.7 Å². The third-order valence-corrected chi connectivity index (χ3v) is 5.14. The summed E-state index contributed by atoms with van der Waals surface area (Å²) >= 11 is 0. The number of hydrogen-bond donors (Lipinski definition) is 2. The molecule has 0 saturated carbocycles. The molecule has 3 rings (SSSR count). The lowest BCUT2D eigenvalue weighted by molar-refractivity contribution is 0.394. The van der Waals surface area contributed by atoms with E-state index in [1.54, 1.807) is 20.4 Å². The van der Waals surface area contributed by atoms with Gasteiger partial charge < -0.3 is 25.1 Å². The molecule has 0 aliphatic heterocycles. The van der Waals surface area contributed by atoms with Gasteiger partial charge in [-0.1, -0.05) is 19.9 Å². The van der Waals surface area contributed by atoms with E-state index < -0.39 is 0 Å². The number of fused-ring (bicyclic) bond motifs is 1. The predicted octanol–water partition coefficient (Wildman–Crippen LogP) is 4.84. The molecule has 2 N–H and O–H groups in total. The number of rotatable bonds is 10. The zero-order valence-electron chi connectivity index (χ0n) is 19.3. The van der Waals surface area contributed by atoms with Crippen molar-refractivity contribution >= 4 is 34.2 Å². The van der Waals surface area contributed by atoms with Crippen LogP contribution in [0.3, 0.4) is 0 Å². The number of benzene rings is 2. The Morgan fingerprint density at radius 1 is 1.06 bits per heavy atom. The van der Waals surface area contributed by atoms with E-state index in [1.165, 1.54) is 6.21 Å². The number of methoxy groups -OCH3 is 2. The van der Waals surface area contributed by atoms with Crippen LogP contribution in [0.5, 0.6) is 11.5 Å². The third-order valence-electron chi connectivity index (χ3n) is 5.14. The van der Waals surface area contributed by atoms with Crippen LogP contribution in [0.25, 0.3) is 16.6 Å². The Morgan fingerprint density at radius 2 is 1.78 bits per heavy atom. The highest BCUT2D eigenvalue weighted by Crippen LogP contribution is 2.33. The summed E-state index contributed by atoms with van der Waals surface area (Å²) in [7, 11) is 3.30. The van der Waals surface area contributed by atoms with Crippen LogP contribution in [-0.2, 0) is 0 Å². The molecular formula is C25H31N5O2. The summed E-state index contributed by atoms with van der Waals surface area (Å²) in [6.07, 6.45) is 4.87. The lowest BCUT2D eigenvalue weighted by Gasteiger charge is -2.27. The van der Waals surface area contributed by atoms with E-state index in [0.717, 1.165) is 52.6 Å². The summed E-state index contributed by atoms with van der Waals surface area (Å²) < 4.78 is 11.0. The molecule has 0 amide bonds. The van der Waals surface area contributed by atoms with Crippen molar-refractivity contribution in [3.63, 3.8) is 0 Å². The summed E-state index contributed by atoms with van der Waals surface area (Å²) in [6.45, 7) is 7.70. The topological polar surface area (TPSA) is 83.4 Å². The van der Waals surface area contributed by atoms with Crippen molar-refractivity contribution in [2.45, 2.75) is 26.8 Å². The summed E-state index contributed by atoms with van der Waals surface area (Å²) in [5, 5.41) is 11.1. The van der Waals surface area contributed by atoms with Gasteiger partial charge >= 0.3 is 0 Å². The summed E-state index contributed by atoms with van der Waals surface area (Å²) in [4.78, 5) is 11.5. The van der Waals surface area contributed by atoms with E-state index in [9.17, 15) is 0 Å². The molecule has 0 fully saturated rings. The first-order valence-corrected chi connectivity index (χ1v) is 10.7. The van der Waals surface area contributed by atoms with Crippen LogP contribution in [0.1, 0.15) is 26.5 Å². The standard InChI is InChI=1S/C25H31N5O2/c1-6-18(15-26)25-16-28-23-8-7-19(13-24(23)29-25)30(10-9-27-17(2)3)20-11-21(31-4)14-22(12-20)32-5/h6-8,11-17,26-27H,9-10H2,1-5H3/b18-6+,26-15?. The third kappa shape index (κ3) is 5.42. The Kier molecular flexibility index (Phi) is 7.78. The maximum absolute atomic E-state index is 7.62. The van der Waals surface area contributed by atoms with Gasteiger partial charge in [0.25, 0.3) is 0 Å². The molecule has 0 unspecified atom stereocenters. The molecule has 32 heavy (non-hydrogen) atoms. The Bertz CT molecular complexity index is 1090. The highest BCUT2D eigenvalue weighted by molar-refractivity contribution is 6.07. The van der Waals surface area contributed by atoms with Gasteiger partial charge in [-0.3, -0.25) is 4.98 Å². The van der Waals surface area contributed by atoms with Crippen molar-refractivity contribution in [1.82, 2.24) is 15.3 Å². The molecule has 0 aliphatic rings. The number of hydrogen-bond acceptors (Lipinski definition) is 7. The second kappa shape index (κ2) is 10.7. The second-order valence-electron chi connectivity index (χ2n) is 7.65. The number of nitrogens with one attached hydrogen (secondary N) is 2. The minimum Gasteiger partial charge on any atom is -0.497 e. The van der Waals surface area contributed by atoms with Gasteiger partial charge in [-0.15, -0.1) is 0 Å². The van der Waals surface area contributed by atoms with Gasteiger partial charge in [0, 0.05) is 60.5 Å². The first-order valence-electron chi connectivity index (χ1n) is 10.7. The molecule has 1 aromatic heterocycles. The fraction of sp³-hybridized carbons (Fsp3) is 0.320. The number of ether oxygens (including phenoxy) is 2. The van der Waals surface area contributed by atoms with Crippen LogP contribution >= 0.6 is 0 Å². The van der Waals surface area contributed by atoms with E-state index in [1.807, 2.05) is 49.4 Å². The molecule has 0 saturated heterocycles. The molecule has 0 radical (unpaired) electrons. The van der Waals surface area contributed by atoms with Crippen LogP contribution in [0.2, 0.25) is 0 Å². The molecule has 168 valence electrons. The fourth-order valence-corrected chi connectivity index (χ4v) is 3.43. The van der Waals surface area contributed by atoms with Gasteiger partial charge in [0.1, 0.15) is 11.5 Å². The maximum atomic E-state index is 7.62. The molecular weight excluding hydrogens is 402 g/mol. The van der Waals surface area contributed by atoms with Crippen LogP contribution in [0.4, 0.5) is 11.4 Å². The first kappa shape index (κ1) is 23.2. The molecule has 0 atom stereocenters. The zero-order valence-corrected chi connectivity index (χ0v) is 19.3. The normalized spacial score (nSPS) is 11.6. The highest BCUT2D eigenvalue weighted by atomic mass is 16.5. The van der Waals surface area contributed by atoms with Crippen LogP contribution < -0.4 is 19.7 Å². The molecule has 7 nitrogen and oxygen atoms in total. The molecule has 0 bridgehead atoms. The van der Waals surface area contributed by atoms with Crippen molar-refractivity contribution < 1.29 is 9.47 Å². The van der Waals surface area contributed by atoms with E-state index in [-0.39, 0.29) is 0 Å². The Morgan fingerprint density at radius 3 is 2.38 bits per heavy atom. The van der Waals surface area contributed by atoms with Gasteiger partial charge in [0.05, 0.1) is 37.1 Å². The zero-order chi connectivity index (χ0) is 23.1. The quantitative estimate of drug-likeness (QED) is 0.445. The van der Waals surface area contributed by atoms with Gasteiger partial charge in [-0.2, -0.15) is 0 Å². The summed E-state index contributed by atoms with van der Waals surface area (Å²) in [6, 6.07) is 12.3. The number of allylic oxidation sites excluding steroid dienone is 2. The Labute approximate surface area is 189 Å². The van der Waals surface area contributed by atoms with Gasteiger partial charge in [0.15, 0.2) is 0 Å². The number of anilines is 2. The maximum Gasteiger partial charge on any atom is 0.124 e. The fourth-order valence-electron chi connectivity index (χ4n) is 3.43. The average Bonchev–Trinajstić information content (AvgIpc) is 2.81. The largest absolute Gasteiger partial charge is 0.497 e. The second-order valence-corrected chi connectivity index (χ2v) is 7.65. The van der Waals surface area contributed by atoms with Crippen molar-refractivity contribution in [3.05, 3.63) is 54.4 Å². The van der Waals surface area contributed by atoms with E-state index in [0.29, 0.717) is 11.7 Å². The summed E-state index contributed by atoms with van der Waals surface area (Å²) in [5.74, 6) is 1.46. The molecule has 2 aromatic carbocycles. The smallest absolute Gasteiger partial charge is 0.124 e. The molecule has 0 spiro atoms. The lowest BCUT2D eigenvalue weighted by atomic mass is 10.1. The van der Waals surface area contributed by atoms with Gasteiger partial charge in [-0.05, 0) is 25.1 Å². The number of nitrogens with zero attached hydrogens (tertiary/aromatic N) is 3. The van der Waals surface area contributed by atoms with E-state index in [4.69, 9.17) is 19.9 Å². The molecule has 3 aromatic rings. The summed E-state index contributed by atoms with van der Waals surface area (Å²) in [5.41, 5.74) is 4.95. The Balaban J connectivity index is 2.08. The minimum atomic E-state index is 0.391. The minimum absolute atomic E-state index is 0.391. The first-order chi connectivity index (χ1) is 15.5. The van der Waals surface area contributed by atoms with Crippen LogP contribution in [0, 0.1) is 5.41 Å². The lowest BCUT2D eigenvalue weighted by Crippen LogP contribution is -2.32. The predicted molar refractivity (Wildman–Crippen MR) is 132 cm³/mol.